The molecule has 1 aromatic carbocycles. The third-order valence-corrected chi connectivity index (χ3v) is 3.40. The average molecular weight is 249 g/mol. The van der Waals surface area contributed by atoms with Crippen molar-refractivity contribution in [2.24, 2.45) is 0 Å². The molecule has 18 heavy (non-hydrogen) atoms. The molecule has 0 radical (unpaired) electrons. The Morgan fingerprint density at radius 2 is 1.94 bits per heavy atom. The number of likely N-dealkylation sites (tertiary alicyclic amines) is 1. The van der Waals surface area contributed by atoms with Crippen LogP contribution in [0.15, 0.2) is 24.3 Å². The summed E-state index contributed by atoms with van der Waals surface area (Å²) in [7, 11) is 0. The Balaban J connectivity index is 1.94. The van der Waals surface area contributed by atoms with Crippen LogP contribution < -0.4 is 0 Å². The summed E-state index contributed by atoms with van der Waals surface area (Å²) in [5.41, 5.74) is 1.45. The molecule has 0 bridgehead atoms. The van der Waals surface area contributed by atoms with E-state index < -0.39 is 5.97 Å². The maximum absolute atomic E-state index is 10.7. The lowest BCUT2D eigenvalue weighted by molar-refractivity contribution is 0.0697. The molecule has 1 saturated heterocycles. The van der Waals surface area contributed by atoms with Gasteiger partial charge in [-0.05, 0) is 43.5 Å². The normalized spacial score (nSPS) is 21.5. The summed E-state index contributed by atoms with van der Waals surface area (Å²) in [6, 6.07) is 7.02. The molecule has 0 aromatic heterocycles. The van der Waals surface area contributed by atoms with Gasteiger partial charge in [0.2, 0.25) is 0 Å². The molecule has 98 valence electrons. The Kier molecular flexibility index (Phi) is 4.33. The van der Waals surface area contributed by atoms with Gasteiger partial charge in [-0.2, -0.15) is 0 Å². The Bertz CT molecular complexity index is 402. The van der Waals surface area contributed by atoms with Crippen LogP contribution >= 0.6 is 0 Å². The van der Waals surface area contributed by atoms with Gasteiger partial charge in [-0.25, -0.2) is 4.79 Å². The maximum atomic E-state index is 10.7. The molecule has 1 fully saturated rings. The van der Waals surface area contributed by atoms with Gasteiger partial charge < -0.3 is 10.2 Å². The minimum Gasteiger partial charge on any atom is -0.478 e. The monoisotopic (exact) mass is 249 g/mol. The summed E-state index contributed by atoms with van der Waals surface area (Å²) in [4.78, 5) is 13.1. The van der Waals surface area contributed by atoms with Crippen molar-refractivity contribution in [1.29, 1.82) is 0 Å². The number of aliphatic hydroxyl groups excluding tert-OH is 1. The largest absolute Gasteiger partial charge is 0.478 e. The molecule has 1 aliphatic heterocycles. The molecule has 2 N–H and O–H groups in total. The van der Waals surface area contributed by atoms with Crippen molar-refractivity contribution in [2.75, 3.05) is 13.1 Å². The predicted octanol–water partition coefficient (Wildman–Crippen LogP) is 1.73. The topological polar surface area (TPSA) is 60.8 Å². The van der Waals surface area contributed by atoms with Crippen molar-refractivity contribution in [2.45, 2.75) is 31.9 Å². The molecule has 0 aliphatic carbocycles. The molecule has 1 heterocycles. The lowest BCUT2D eigenvalue weighted by atomic mass is 10.1. The first kappa shape index (κ1) is 13.1. The van der Waals surface area contributed by atoms with Crippen molar-refractivity contribution >= 4 is 5.97 Å². The summed E-state index contributed by atoms with van der Waals surface area (Å²) in [5.74, 6) is -0.889. The van der Waals surface area contributed by atoms with Crippen LogP contribution in [-0.2, 0) is 6.54 Å². The number of aromatic carboxylic acids is 1. The lowest BCUT2D eigenvalue weighted by Gasteiger charge is -2.19. The molecule has 4 heteroatoms. The van der Waals surface area contributed by atoms with Gasteiger partial charge in [-0.1, -0.05) is 12.1 Å². The number of carbonyl (C=O) groups is 1. The molecule has 1 atom stereocenters. The van der Waals surface area contributed by atoms with E-state index in [1.165, 1.54) is 0 Å². The fourth-order valence-electron chi connectivity index (χ4n) is 2.31. The van der Waals surface area contributed by atoms with Crippen LogP contribution in [0.3, 0.4) is 0 Å². The van der Waals surface area contributed by atoms with Crippen molar-refractivity contribution in [3.63, 3.8) is 0 Å². The minimum absolute atomic E-state index is 0.163. The van der Waals surface area contributed by atoms with Gasteiger partial charge in [-0.15, -0.1) is 0 Å². The number of hydrogen-bond acceptors (Lipinski definition) is 3. The van der Waals surface area contributed by atoms with Gasteiger partial charge >= 0.3 is 5.97 Å². The Morgan fingerprint density at radius 3 is 2.61 bits per heavy atom. The highest BCUT2D eigenvalue weighted by Gasteiger charge is 2.14. The zero-order valence-electron chi connectivity index (χ0n) is 10.4. The molecule has 0 amide bonds. The van der Waals surface area contributed by atoms with Crippen molar-refractivity contribution < 1.29 is 15.0 Å². The fraction of sp³-hybridized carbons (Fsp3) is 0.500. The second-order valence-electron chi connectivity index (χ2n) is 4.86. The second kappa shape index (κ2) is 5.98. The van der Waals surface area contributed by atoms with Crippen LogP contribution in [-0.4, -0.2) is 40.3 Å². The van der Waals surface area contributed by atoms with Crippen LogP contribution in [0.25, 0.3) is 0 Å². The highest BCUT2D eigenvalue weighted by molar-refractivity contribution is 5.87. The predicted molar refractivity (Wildman–Crippen MR) is 68.5 cm³/mol. The molecule has 4 nitrogen and oxygen atoms in total. The molecule has 1 unspecified atom stereocenters. The SMILES string of the molecule is O=C(O)c1ccc(CN2CCCC(O)CC2)cc1. The summed E-state index contributed by atoms with van der Waals surface area (Å²) >= 11 is 0. The number of nitrogens with zero attached hydrogens (tertiary/aromatic N) is 1. The summed E-state index contributed by atoms with van der Waals surface area (Å²) < 4.78 is 0. The standard InChI is InChI=1S/C14H19NO3/c16-13-2-1-8-15(9-7-13)10-11-3-5-12(6-4-11)14(17)18/h3-6,13,16H,1-2,7-10H2,(H,17,18). The summed E-state index contributed by atoms with van der Waals surface area (Å²) in [6.45, 7) is 2.73. The van der Waals surface area contributed by atoms with Gasteiger partial charge in [0, 0.05) is 13.1 Å². The Hall–Kier alpha value is -1.39. The van der Waals surface area contributed by atoms with Crippen LogP contribution in [0.4, 0.5) is 0 Å². The van der Waals surface area contributed by atoms with Gasteiger partial charge in [-0.3, -0.25) is 4.90 Å². The van der Waals surface area contributed by atoms with Crippen molar-refractivity contribution in [3.05, 3.63) is 35.4 Å². The maximum Gasteiger partial charge on any atom is 0.335 e. The quantitative estimate of drug-likeness (QED) is 0.856. The van der Waals surface area contributed by atoms with E-state index in [-0.39, 0.29) is 6.10 Å². The zero-order chi connectivity index (χ0) is 13.0. The molecular weight excluding hydrogens is 230 g/mol. The number of rotatable bonds is 3. The highest BCUT2D eigenvalue weighted by Crippen LogP contribution is 2.14. The van der Waals surface area contributed by atoms with Crippen LogP contribution in [0.5, 0.6) is 0 Å². The first-order valence-electron chi connectivity index (χ1n) is 6.38. The lowest BCUT2D eigenvalue weighted by Crippen LogP contribution is -2.24. The first-order chi connectivity index (χ1) is 8.65. The van der Waals surface area contributed by atoms with Crippen LogP contribution in [0, 0.1) is 0 Å². The van der Waals surface area contributed by atoms with E-state index in [0.717, 1.165) is 44.5 Å². The van der Waals surface area contributed by atoms with E-state index in [1.807, 2.05) is 12.1 Å². The first-order valence-corrected chi connectivity index (χ1v) is 6.38. The van der Waals surface area contributed by atoms with Gasteiger partial charge in [0.1, 0.15) is 0 Å². The molecule has 2 rings (SSSR count). The average Bonchev–Trinajstić information content (AvgIpc) is 2.55. The molecule has 1 aromatic rings. The highest BCUT2D eigenvalue weighted by atomic mass is 16.4. The van der Waals surface area contributed by atoms with Gasteiger partial charge in [0.15, 0.2) is 0 Å². The second-order valence-corrected chi connectivity index (χ2v) is 4.86. The number of carboxylic acids is 1. The molecule has 1 aliphatic rings. The van der Waals surface area contributed by atoms with Gasteiger partial charge in [0.05, 0.1) is 11.7 Å². The number of aliphatic hydroxyl groups is 1. The van der Waals surface area contributed by atoms with E-state index in [0.29, 0.717) is 5.56 Å². The summed E-state index contributed by atoms with van der Waals surface area (Å²) in [5, 5.41) is 18.4. The third kappa shape index (κ3) is 3.55. The third-order valence-electron chi connectivity index (χ3n) is 3.40. The van der Waals surface area contributed by atoms with E-state index >= 15 is 0 Å². The Labute approximate surface area is 107 Å². The van der Waals surface area contributed by atoms with Crippen molar-refractivity contribution in [1.82, 2.24) is 4.90 Å². The minimum atomic E-state index is -0.889. The zero-order valence-corrected chi connectivity index (χ0v) is 10.4. The van der Waals surface area contributed by atoms with Gasteiger partial charge in [0.25, 0.3) is 0 Å². The van der Waals surface area contributed by atoms with E-state index in [9.17, 15) is 9.90 Å². The van der Waals surface area contributed by atoms with E-state index in [2.05, 4.69) is 4.90 Å². The van der Waals surface area contributed by atoms with E-state index in [1.54, 1.807) is 12.1 Å². The number of benzene rings is 1. The summed E-state index contributed by atoms with van der Waals surface area (Å²) in [6.07, 6.45) is 2.57. The van der Waals surface area contributed by atoms with Crippen LogP contribution in [0.1, 0.15) is 35.2 Å². The van der Waals surface area contributed by atoms with E-state index in [4.69, 9.17) is 5.11 Å². The van der Waals surface area contributed by atoms with Crippen LogP contribution in [0.2, 0.25) is 0 Å². The smallest absolute Gasteiger partial charge is 0.335 e. The fourth-order valence-corrected chi connectivity index (χ4v) is 2.31. The number of carboxylic acid groups (broad SMARTS) is 1. The molecule has 0 saturated carbocycles. The van der Waals surface area contributed by atoms with Crippen molar-refractivity contribution in [3.8, 4) is 0 Å². The Morgan fingerprint density at radius 1 is 1.22 bits per heavy atom. The molecule has 0 spiro atoms. The molecular formula is C14H19NO3. The number of hydrogen-bond donors (Lipinski definition) is 2.